The maximum Gasteiger partial charge on any atom is 0.0102 e. The molecule has 1 saturated carbocycles. The Labute approximate surface area is 87.3 Å². The van der Waals surface area contributed by atoms with Crippen LogP contribution in [0.2, 0.25) is 0 Å². The van der Waals surface area contributed by atoms with Gasteiger partial charge in [-0.25, -0.2) is 0 Å². The van der Waals surface area contributed by atoms with Crippen molar-refractivity contribution in [3.8, 4) is 0 Å². The summed E-state index contributed by atoms with van der Waals surface area (Å²) < 4.78 is 0. The predicted molar refractivity (Wildman–Crippen MR) is 58.3 cm³/mol. The van der Waals surface area contributed by atoms with E-state index in [1.54, 1.807) is 0 Å². The molecule has 1 aliphatic carbocycles. The zero-order valence-electron chi connectivity index (χ0n) is 9.28. The van der Waals surface area contributed by atoms with E-state index in [1.807, 2.05) is 0 Å². The largest absolute Gasteiger partial charge is 0.306 e. The molecule has 3 aliphatic rings. The lowest BCUT2D eigenvalue weighted by Gasteiger charge is -2.24. The van der Waals surface area contributed by atoms with Crippen molar-refractivity contribution >= 4 is 0 Å². The van der Waals surface area contributed by atoms with Gasteiger partial charge in [0.15, 0.2) is 0 Å². The van der Waals surface area contributed by atoms with Crippen LogP contribution in [0.3, 0.4) is 0 Å². The van der Waals surface area contributed by atoms with Crippen molar-refractivity contribution in [2.24, 2.45) is 11.8 Å². The van der Waals surface area contributed by atoms with E-state index in [-0.39, 0.29) is 0 Å². The summed E-state index contributed by atoms with van der Waals surface area (Å²) in [6.45, 7) is 5.52. The van der Waals surface area contributed by atoms with Gasteiger partial charge in [-0.3, -0.25) is 0 Å². The highest BCUT2D eigenvalue weighted by molar-refractivity contribution is 4.95. The molecule has 0 aromatic carbocycles. The Balaban J connectivity index is 1.60. The Kier molecular flexibility index (Phi) is 2.29. The van der Waals surface area contributed by atoms with E-state index in [2.05, 4.69) is 16.8 Å². The monoisotopic (exact) mass is 194 g/mol. The first-order valence-electron chi connectivity index (χ1n) is 6.25. The topological polar surface area (TPSA) is 6.48 Å². The molecule has 2 aliphatic heterocycles. The Morgan fingerprint density at radius 2 is 1.50 bits per heavy atom. The molecule has 2 atom stereocenters. The average Bonchev–Trinajstić information content (AvgIpc) is 2.74. The van der Waals surface area contributed by atoms with Crippen LogP contribution in [-0.2, 0) is 0 Å². The first kappa shape index (κ1) is 9.17. The Hall–Kier alpha value is -0.0800. The number of likely N-dealkylation sites (tertiary alicyclic amines) is 2. The zero-order chi connectivity index (χ0) is 9.54. The van der Waals surface area contributed by atoms with Crippen LogP contribution in [0.5, 0.6) is 0 Å². The number of fused-ring (bicyclic) bond motifs is 1. The minimum absolute atomic E-state index is 0.959. The number of nitrogens with zero attached hydrogens (tertiary/aromatic N) is 2. The van der Waals surface area contributed by atoms with Crippen LogP contribution in [0.25, 0.3) is 0 Å². The van der Waals surface area contributed by atoms with Crippen molar-refractivity contribution in [3.05, 3.63) is 0 Å². The molecule has 2 saturated heterocycles. The Bertz CT molecular complexity index is 196. The molecule has 2 heteroatoms. The third-order valence-corrected chi connectivity index (χ3v) is 4.57. The quantitative estimate of drug-likeness (QED) is 0.623. The van der Waals surface area contributed by atoms with Crippen molar-refractivity contribution in [1.82, 2.24) is 9.80 Å². The summed E-state index contributed by atoms with van der Waals surface area (Å²) in [5, 5.41) is 0. The van der Waals surface area contributed by atoms with E-state index in [4.69, 9.17) is 0 Å². The molecular formula is C12H22N2. The van der Waals surface area contributed by atoms with E-state index < -0.39 is 0 Å². The van der Waals surface area contributed by atoms with Crippen molar-refractivity contribution in [2.75, 3.05) is 33.2 Å². The van der Waals surface area contributed by atoms with Crippen LogP contribution < -0.4 is 0 Å². The molecular weight excluding hydrogens is 172 g/mol. The van der Waals surface area contributed by atoms with Gasteiger partial charge in [-0.2, -0.15) is 0 Å². The standard InChI is InChI=1S/C12H22N2/c1-13-8-10-6-12(7-11(10)9-13)14-4-2-3-5-14/h10-12H,2-9H2,1H3. The summed E-state index contributed by atoms with van der Waals surface area (Å²) in [6, 6.07) is 0.959. The van der Waals surface area contributed by atoms with Gasteiger partial charge in [0.2, 0.25) is 0 Å². The normalized spacial score (nSPS) is 44.8. The molecule has 3 fully saturated rings. The molecule has 14 heavy (non-hydrogen) atoms. The molecule has 3 rings (SSSR count). The smallest absolute Gasteiger partial charge is 0.0102 e. The molecule has 2 unspecified atom stereocenters. The summed E-state index contributed by atoms with van der Waals surface area (Å²) in [4.78, 5) is 5.29. The molecule has 0 radical (unpaired) electrons. The summed E-state index contributed by atoms with van der Waals surface area (Å²) in [6.07, 6.45) is 5.89. The molecule has 0 aromatic rings. The van der Waals surface area contributed by atoms with E-state index >= 15 is 0 Å². The van der Waals surface area contributed by atoms with E-state index in [9.17, 15) is 0 Å². The Morgan fingerprint density at radius 3 is 2.07 bits per heavy atom. The first-order valence-corrected chi connectivity index (χ1v) is 6.25. The van der Waals surface area contributed by atoms with Gasteiger partial charge < -0.3 is 9.80 Å². The highest BCUT2D eigenvalue weighted by Crippen LogP contribution is 2.40. The lowest BCUT2D eigenvalue weighted by atomic mass is 10.0. The molecule has 0 spiro atoms. The van der Waals surface area contributed by atoms with Gasteiger partial charge in [0.1, 0.15) is 0 Å². The van der Waals surface area contributed by atoms with Crippen LogP contribution in [0.4, 0.5) is 0 Å². The molecule has 0 aromatic heterocycles. The fraction of sp³-hybridized carbons (Fsp3) is 1.00. The number of hydrogen-bond acceptors (Lipinski definition) is 2. The third-order valence-electron chi connectivity index (χ3n) is 4.57. The van der Waals surface area contributed by atoms with E-state index in [0.29, 0.717) is 0 Å². The third kappa shape index (κ3) is 1.49. The maximum absolute atomic E-state index is 2.76. The van der Waals surface area contributed by atoms with Gasteiger partial charge in [0.05, 0.1) is 0 Å². The summed E-state index contributed by atoms with van der Waals surface area (Å²) in [5.74, 6) is 2.07. The fourth-order valence-electron chi connectivity index (χ4n) is 3.91. The van der Waals surface area contributed by atoms with Gasteiger partial charge in [0.25, 0.3) is 0 Å². The van der Waals surface area contributed by atoms with Gasteiger partial charge in [0, 0.05) is 19.1 Å². The zero-order valence-corrected chi connectivity index (χ0v) is 9.28. The second-order valence-corrected chi connectivity index (χ2v) is 5.61. The number of hydrogen-bond donors (Lipinski definition) is 0. The van der Waals surface area contributed by atoms with Crippen LogP contribution in [-0.4, -0.2) is 49.1 Å². The molecule has 0 amide bonds. The van der Waals surface area contributed by atoms with Crippen molar-refractivity contribution < 1.29 is 0 Å². The van der Waals surface area contributed by atoms with Crippen LogP contribution in [0.15, 0.2) is 0 Å². The Morgan fingerprint density at radius 1 is 0.929 bits per heavy atom. The van der Waals surface area contributed by atoms with Crippen LogP contribution in [0.1, 0.15) is 25.7 Å². The molecule has 2 nitrogen and oxygen atoms in total. The SMILES string of the molecule is CN1CC2CC(N3CCCC3)CC2C1. The van der Waals surface area contributed by atoms with Crippen LogP contribution in [0, 0.1) is 11.8 Å². The van der Waals surface area contributed by atoms with Crippen molar-refractivity contribution in [3.63, 3.8) is 0 Å². The molecule has 2 heterocycles. The first-order chi connectivity index (χ1) is 6.83. The second kappa shape index (κ2) is 3.49. The van der Waals surface area contributed by atoms with E-state index in [0.717, 1.165) is 17.9 Å². The minimum atomic E-state index is 0.959. The van der Waals surface area contributed by atoms with Crippen molar-refractivity contribution in [2.45, 2.75) is 31.7 Å². The highest BCUT2D eigenvalue weighted by Gasteiger charge is 2.41. The summed E-state index contributed by atoms with van der Waals surface area (Å²) in [5.41, 5.74) is 0. The predicted octanol–water partition coefficient (Wildman–Crippen LogP) is 1.42. The van der Waals surface area contributed by atoms with Gasteiger partial charge >= 0.3 is 0 Å². The second-order valence-electron chi connectivity index (χ2n) is 5.61. The average molecular weight is 194 g/mol. The summed E-state index contributed by atoms with van der Waals surface area (Å²) in [7, 11) is 2.28. The summed E-state index contributed by atoms with van der Waals surface area (Å²) >= 11 is 0. The lowest BCUT2D eigenvalue weighted by molar-refractivity contribution is 0.225. The van der Waals surface area contributed by atoms with Crippen molar-refractivity contribution in [1.29, 1.82) is 0 Å². The molecule has 0 bridgehead atoms. The maximum atomic E-state index is 2.76. The van der Waals surface area contributed by atoms with E-state index in [1.165, 1.54) is 51.9 Å². The van der Waals surface area contributed by atoms with Gasteiger partial charge in [-0.05, 0) is 57.7 Å². The lowest BCUT2D eigenvalue weighted by Crippen LogP contribution is -2.32. The number of rotatable bonds is 1. The fourth-order valence-corrected chi connectivity index (χ4v) is 3.91. The van der Waals surface area contributed by atoms with Gasteiger partial charge in [-0.1, -0.05) is 0 Å². The highest BCUT2D eigenvalue weighted by atomic mass is 15.2. The van der Waals surface area contributed by atoms with Gasteiger partial charge in [-0.15, -0.1) is 0 Å². The van der Waals surface area contributed by atoms with Crippen LogP contribution >= 0.6 is 0 Å². The minimum Gasteiger partial charge on any atom is -0.306 e. The molecule has 0 N–H and O–H groups in total. The molecule has 80 valence electrons.